The number of hydrogen-bond acceptors (Lipinski definition) is 8. The highest BCUT2D eigenvalue weighted by molar-refractivity contribution is 6.41. The van der Waals surface area contributed by atoms with Gasteiger partial charge in [0.2, 0.25) is 5.95 Å². The Morgan fingerprint density at radius 2 is 1.90 bits per heavy atom. The molecule has 41 heavy (non-hydrogen) atoms. The first-order valence-corrected chi connectivity index (χ1v) is 13.5. The number of aromatic nitrogens is 4. The monoisotopic (exact) mass is 585 g/mol. The van der Waals surface area contributed by atoms with Gasteiger partial charge in [0.05, 0.1) is 37.0 Å². The molecule has 0 bridgehead atoms. The van der Waals surface area contributed by atoms with E-state index in [0.29, 0.717) is 28.3 Å². The number of rotatable bonds is 7. The Morgan fingerprint density at radius 3 is 2.59 bits per heavy atom. The van der Waals surface area contributed by atoms with Crippen LogP contribution < -0.4 is 15.4 Å². The molecule has 0 aliphatic carbocycles. The van der Waals surface area contributed by atoms with E-state index in [1.807, 2.05) is 20.8 Å². The Kier molecular flexibility index (Phi) is 7.56. The minimum atomic E-state index is -2.68. The summed E-state index contributed by atoms with van der Waals surface area (Å²) in [5, 5.41) is 0.0155. The number of nitrogens with two attached hydrogens (primary N) is 1. The van der Waals surface area contributed by atoms with Gasteiger partial charge in [-0.25, -0.2) is 13.8 Å². The number of halogens is 3. The van der Waals surface area contributed by atoms with E-state index in [9.17, 15) is 18.4 Å². The average molecular weight is 586 g/mol. The first-order chi connectivity index (χ1) is 19.4. The molecule has 1 amide bonds. The van der Waals surface area contributed by atoms with Gasteiger partial charge in [0.1, 0.15) is 10.9 Å². The fourth-order valence-electron chi connectivity index (χ4n) is 5.20. The number of alkyl halides is 2. The van der Waals surface area contributed by atoms with Crippen LogP contribution in [0, 0.1) is 20.8 Å². The first kappa shape index (κ1) is 28.6. The normalized spacial score (nSPS) is 17.8. The standard InChI is InChI=1S/C28H30ClF2N7O3/c1-14-16(3)34-20(15(2)23(14)41-4)12-38-25-22(24(29)35-27(32)36-25)19(26(38)40)10-18-9-17(11-33-18)21(39)13-37-7-5-28(30,31)6-8-37/h9-11,33H,5-8,12-13H2,1-4H3,(H2,32,35,36). The Hall–Kier alpha value is -3.90. The van der Waals surface area contributed by atoms with Crippen LogP contribution in [0.25, 0.3) is 11.6 Å². The summed E-state index contributed by atoms with van der Waals surface area (Å²) in [5.74, 6) is -2.43. The predicted octanol–water partition coefficient (Wildman–Crippen LogP) is 4.37. The molecule has 0 unspecified atom stereocenters. The molecule has 3 N–H and O–H groups in total. The molecule has 1 fully saturated rings. The maximum absolute atomic E-state index is 13.8. The smallest absolute Gasteiger partial charge is 0.260 e. The van der Waals surface area contributed by atoms with Crippen molar-refractivity contribution in [3.8, 4) is 5.75 Å². The lowest BCUT2D eigenvalue weighted by Crippen LogP contribution is -2.41. The Balaban J connectivity index is 1.44. The van der Waals surface area contributed by atoms with Crippen molar-refractivity contribution >= 4 is 46.7 Å². The molecule has 0 atom stereocenters. The first-order valence-electron chi connectivity index (χ1n) is 13.1. The van der Waals surface area contributed by atoms with Crippen LogP contribution in [-0.2, 0) is 11.3 Å². The lowest BCUT2D eigenvalue weighted by Gasteiger charge is -2.30. The molecule has 0 saturated carbocycles. The molecule has 0 aromatic carbocycles. The lowest BCUT2D eigenvalue weighted by molar-refractivity contribution is -0.113. The molecule has 5 rings (SSSR count). The number of piperidine rings is 1. The van der Waals surface area contributed by atoms with Crippen molar-refractivity contribution in [1.29, 1.82) is 0 Å². The van der Waals surface area contributed by atoms with Crippen LogP contribution in [-0.4, -0.2) is 69.2 Å². The van der Waals surface area contributed by atoms with Crippen LogP contribution in [0.3, 0.4) is 0 Å². The molecule has 5 heterocycles. The summed E-state index contributed by atoms with van der Waals surface area (Å²) in [4.78, 5) is 45.9. The number of ketones is 1. The van der Waals surface area contributed by atoms with Crippen molar-refractivity contribution in [1.82, 2.24) is 24.8 Å². The Morgan fingerprint density at radius 1 is 1.20 bits per heavy atom. The van der Waals surface area contributed by atoms with Gasteiger partial charge in [0.25, 0.3) is 11.8 Å². The largest absolute Gasteiger partial charge is 0.496 e. The maximum atomic E-state index is 13.8. The number of aryl methyl sites for hydroxylation is 1. The number of hydrogen-bond donors (Lipinski definition) is 2. The van der Waals surface area contributed by atoms with Gasteiger partial charge < -0.3 is 15.5 Å². The van der Waals surface area contributed by atoms with E-state index in [1.54, 1.807) is 24.2 Å². The summed E-state index contributed by atoms with van der Waals surface area (Å²) in [6, 6.07) is 1.61. The zero-order valence-electron chi connectivity index (χ0n) is 23.1. The van der Waals surface area contributed by atoms with Crippen molar-refractivity contribution in [3.05, 3.63) is 56.8 Å². The molecule has 3 aromatic rings. The fourth-order valence-corrected chi connectivity index (χ4v) is 5.47. The van der Waals surface area contributed by atoms with E-state index >= 15 is 0 Å². The fraction of sp³-hybridized carbons (Fsp3) is 0.393. The molecule has 0 radical (unpaired) electrons. The van der Waals surface area contributed by atoms with E-state index in [1.165, 1.54) is 11.1 Å². The summed E-state index contributed by atoms with van der Waals surface area (Å²) in [5.41, 5.74) is 10.4. The number of likely N-dealkylation sites (tertiary alicyclic amines) is 1. The van der Waals surface area contributed by atoms with Gasteiger partial charge in [-0.05, 0) is 32.9 Å². The quantitative estimate of drug-likeness (QED) is 0.237. The van der Waals surface area contributed by atoms with E-state index in [0.717, 1.165) is 16.8 Å². The number of aromatic amines is 1. The van der Waals surface area contributed by atoms with Gasteiger partial charge in [0.15, 0.2) is 11.6 Å². The molecule has 3 aromatic heterocycles. The van der Waals surface area contributed by atoms with Gasteiger partial charge in [0, 0.05) is 60.2 Å². The van der Waals surface area contributed by atoms with Crippen molar-refractivity contribution in [2.24, 2.45) is 0 Å². The van der Waals surface area contributed by atoms with Crippen LogP contribution in [0.2, 0.25) is 5.15 Å². The van der Waals surface area contributed by atoms with Crippen molar-refractivity contribution < 1.29 is 23.1 Å². The lowest BCUT2D eigenvalue weighted by atomic mass is 10.1. The Bertz CT molecular complexity index is 1580. The number of pyridine rings is 1. The average Bonchev–Trinajstić information content (AvgIpc) is 3.48. The van der Waals surface area contributed by atoms with Crippen LogP contribution >= 0.6 is 11.6 Å². The van der Waals surface area contributed by atoms with Crippen LogP contribution in [0.15, 0.2) is 12.3 Å². The summed E-state index contributed by atoms with van der Waals surface area (Å²) >= 11 is 6.47. The minimum Gasteiger partial charge on any atom is -0.496 e. The van der Waals surface area contributed by atoms with Crippen LogP contribution in [0.4, 0.5) is 20.5 Å². The third kappa shape index (κ3) is 5.53. The second kappa shape index (κ2) is 10.8. The van der Waals surface area contributed by atoms with Crippen LogP contribution in [0.5, 0.6) is 5.75 Å². The number of fused-ring (bicyclic) bond motifs is 1. The van der Waals surface area contributed by atoms with E-state index in [2.05, 4.69) is 15.0 Å². The molecule has 13 heteroatoms. The highest BCUT2D eigenvalue weighted by atomic mass is 35.5. The summed E-state index contributed by atoms with van der Waals surface area (Å²) in [7, 11) is 1.59. The third-order valence-electron chi connectivity index (χ3n) is 7.62. The topological polar surface area (TPSA) is 130 Å². The maximum Gasteiger partial charge on any atom is 0.260 e. The van der Waals surface area contributed by atoms with Crippen molar-refractivity contribution in [2.75, 3.05) is 37.4 Å². The zero-order chi connectivity index (χ0) is 29.6. The second-order valence-corrected chi connectivity index (χ2v) is 10.7. The predicted molar refractivity (Wildman–Crippen MR) is 151 cm³/mol. The molecule has 216 valence electrons. The summed E-state index contributed by atoms with van der Waals surface area (Å²) < 4.78 is 32.5. The molecule has 2 aliphatic heterocycles. The SMILES string of the molecule is COc1c(C)c(C)nc(CN2C(=O)C(=Cc3cc(C(=O)CN4CCC(F)(F)CC4)c[nH]3)c3c(Cl)nc(N)nc32)c1C. The number of ether oxygens (including phenoxy) is 1. The van der Waals surface area contributed by atoms with Gasteiger partial charge in [-0.15, -0.1) is 0 Å². The number of H-pyrrole nitrogens is 1. The number of amides is 1. The number of nitrogens with zero attached hydrogens (tertiary/aromatic N) is 5. The molecular formula is C28H30ClF2N7O3. The van der Waals surface area contributed by atoms with Gasteiger partial charge in [-0.2, -0.15) is 4.98 Å². The number of carbonyl (C=O) groups excluding carboxylic acids is 2. The highest BCUT2D eigenvalue weighted by Crippen LogP contribution is 2.42. The number of nitrogens with one attached hydrogen (secondary N) is 1. The molecule has 1 saturated heterocycles. The highest BCUT2D eigenvalue weighted by Gasteiger charge is 2.38. The summed E-state index contributed by atoms with van der Waals surface area (Å²) in [6.07, 6.45) is 2.58. The van der Waals surface area contributed by atoms with E-state index < -0.39 is 11.8 Å². The molecular weight excluding hydrogens is 556 g/mol. The van der Waals surface area contributed by atoms with E-state index in [4.69, 9.17) is 27.1 Å². The molecule has 0 spiro atoms. The zero-order valence-corrected chi connectivity index (χ0v) is 23.9. The third-order valence-corrected chi connectivity index (χ3v) is 7.89. The summed E-state index contributed by atoms with van der Waals surface area (Å²) in [6.45, 7) is 6.09. The Labute approximate surface area is 240 Å². The van der Waals surface area contributed by atoms with Crippen LogP contribution in [0.1, 0.15) is 57.0 Å². The molecule has 10 nitrogen and oxygen atoms in total. The number of carbonyl (C=O) groups is 2. The molecule has 2 aliphatic rings. The van der Waals surface area contributed by atoms with E-state index in [-0.39, 0.29) is 67.3 Å². The number of anilines is 2. The van der Waals surface area contributed by atoms with Gasteiger partial charge >= 0.3 is 0 Å². The number of nitrogen functional groups attached to an aromatic ring is 1. The minimum absolute atomic E-state index is 0.0155. The second-order valence-electron chi connectivity index (χ2n) is 10.3. The van der Waals surface area contributed by atoms with Crippen molar-refractivity contribution in [2.45, 2.75) is 46.1 Å². The van der Waals surface area contributed by atoms with Gasteiger partial charge in [-0.3, -0.25) is 24.4 Å². The van der Waals surface area contributed by atoms with Gasteiger partial charge in [-0.1, -0.05) is 11.6 Å². The number of methoxy groups -OCH3 is 1. The number of Topliss-reactive ketones (excluding diaryl/α,β-unsaturated/α-hetero) is 1. The van der Waals surface area contributed by atoms with Crippen molar-refractivity contribution in [3.63, 3.8) is 0 Å².